The second-order valence-corrected chi connectivity index (χ2v) is 7.44. The molecule has 1 aliphatic carbocycles. The molecule has 1 aromatic heterocycles. The minimum Gasteiger partial charge on any atom is -0.336 e. The summed E-state index contributed by atoms with van der Waals surface area (Å²) in [6, 6.07) is 0.472. The van der Waals surface area contributed by atoms with Crippen LogP contribution in [0.15, 0.2) is 4.79 Å². The van der Waals surface area contributed by atoms with Crippen molar-refractivity contribution < 1.29 is 4.79 Å². The minimum absolute atomic E-state index is 0.0110. The monoisotopic (exact) mass is 335 g/mol. The lowest BCUT2D eigenvalue weighted by Crippen LogP contribution is -2.46. The Morgan fingerprint density at radius 2 is 1.79 bits per heavy atom. The molecule has 2 aliphatic rings. The van der Waals surface area contributed by atoms with Gasteiger partial charge in [-0.1, -0.05) is 12.8 Å². The summed E-state index contributed by atoms with van der Waals surface area (Å²) in [5, 5.41) is 7.49. The van der Waals surface area contributed by atoms with Crippen LogP contribution in [-0.2, 0) is 7.05 Å². The van der Waals surface area contributed by atoms with Gasteiger partial charge in [0.15, 0.2) is 0 Å². The summed E-state index contributed by atoms with van der Waals surface area (Å²) in [7, 11) is 1.74. The lowest BCUT2D eigenvalue weighted by Gasteiger charge is -2.32. The van der Waals surface area contributed by atoms with Crippen molar-refractivity contribution >= 4 is 6.03 Å². The summed E-state index contributed by atoms with van der Waals surface area (Å²) in [6.07, 6.45) is 6.28. The van der Waals surface area contributed by atoms with Gasteiger partial charge >= 0.3 is 11.7 Å². The van der Waals surface area contributed by atoms with Gasteiger partial charge in [-0.05, 0) is 39.5 Å². The number of nitrogens with one attached hydrogen (secondary N) is 1. The average Bonchev–Trinajstić information content (AvgIpc) is 3.16. The number of aromatic nitrogens is 3. The Labute approximate surface area is 143 Å². The number of amides is 2. The minimum atomic E-state index is 0.0110. The van der Waals surface area contributed by atoms with Crippen molar-refractivity contribution in [2.24, 2.45) is 7.05 Å². The van der Waals surface area contributed by atoms with Gasteiger partial charge in [0.2, 0.25) is 0 Å². The molecule has 0 unspecified atom stereocenters. The van der Waals surface area contributed by atoms with Crippen LogP contribution in [0.2, 0.25) is 0 Å². The van der Waals surface area contributed by atoms with Crippen molar-refractivity contribution in [1.29, 1.82) is 0 Å². The molecular weight excluding hydrogens is 306 g/mol. The van der Waals surface area contributed by atoms with E-state index >= 15 is 0 Å². The molecule has 1 aromatic rings. The van der Waals surface area contributed by atoms with Crippen molar-refractivity contribution in [2.45, 2.75) is 70.4 Å². The number of hydrogen-bond donors (Lipinski definition) is 1. The Morgan fingerprint density at radius 1 is 1.17 bits per heavy atom. The van der Waals surface area contributed by atoms with Crippen molar-refractivity contribution in [1.82, 2.24) is 24.6 Å². The Morgan fingerprint density at radius 3 is 2.38 bits per heavy atom. The highest BCUT2D eigenvalue weighted by molar-refractivity contribution is 5.74. The van der Waals surface area contributed by atoms with E-state index in [2.05, 4.69) is 10.4 Å². The van der Waals surface area contributed by atoms with Gasteiger partial charge in [-0.2, -0.15) is 5.10 Å². The molecule has 24 heavy (non-hydrogen) atoms. The van der Waals surface area contributed by atoms with E-state index in [4.69, 9.17) is 0 Å². The molecule has 0 aromatic carbocycles. The van der Waals surface area contributed by atoms with Crippen molar-refractivity contribution in [3.63, 3.8) is 0 Å². The number of carbonyl (C=O) groups is 1. The van der Waals surface area contributed by atoms with Crippen LogP contribution < -0.4 is 11.0 Å². The first-order valence-electron chi connectivity index (χ1n) is 9.18. The van der Waals surface area contributed by atoms with Gasteiger partial charge in [0.25, 0.3) is 0 Å². The van der Waals surface area contributed by atoms with E-state index in [-0.39, 0.29) is 23.7 Å². The zero-order valence-corrected chi connectivity index (χ0v) is 15.0. The highest BCUT2D eigenvalue weighted by Gasteiger charge is 2.31. The summed E-state index contributed by atoms with van der Waals surface area (Å²) in [4.78, 5) is 26.5. The number of piperidine rings is 1. The first-order chi connectivity index (χ1) is 11.5. The van der Waals surface area contributed by atoms with Gasteiger partial charge in [-0.25, -0.2) is 14.3 Å². The second-order valence-electron chi connectivity index (χ2n) is 7.44. The van der Waals surface area contributed by atoms with E-state index in [1.165, 1.54) is 17.5 Å². The molecule has 0 atom stereocenters. The number of nitrogens with zero attached hydrogens (tertiary/aromatic N) is 4. The molecule has 7 heteroatoms. The third kappa shape index (κ3) is 3.35. The number of hydrogen-bond acceptors (Lipinski definition) is 3. The molecule has 1 saturated carbocycles. The maximum Gasteiger partial charge on any atom is 0.345 e. The predicted molar refractivity (Wildman–Crippen MR) is 92.2 cm³/mol. The van der Waals surface area contributed by atoms with Crippen LogP contribution in [0.1, 0.15) is 70.2 Å². The van der Waals surface area contributed by atoms with E-state index in [1.807, 2.05) is 23.3 Å². The van der Waals surface area contributed by atoms with Gasteiger partial charge in [0.05, 0.1) is 0 Å². The fourth-order valence-electron chi connectivity index (χ4n) is 3.96. The van der Waals surface area contributed by atoms with Crippen molar-refractivity contribution in [3.8, 4) is 0 Å². The normalized spacial score (nSPS) is 20.1. The lowest BCUT2D eigenvalue weighted by atomic mass is 9.95. The molecule has 0 radical (unpaired) electrons. The standard InChI is InChI=1S/C17H29N5O2/c1-12(2)18-16(23)21-10-8-13(9-11-21)15-19-20(3)17(24)22(15)14-6-4-5-7-14/h12-14H,4-11H2,1-3H3,(H,18,23). The highest BCUT2D eigenvalue weighted by atomic mass is 16.2. The summed E-state index contributed by atoms with van der Waals surface area (Å²) in [5.74, 6) is 1.20. The molecule has 2 fully saturated rings. The molecule has 2 amide bonds. The fourth-order valence-corrected chi connectivity index (χ4v) is 3.96. The maximum absolute atomic E-state index is 12.5. The van der Waals surface area contributed by atoms with Crippen molar-refractivity contribution in [2.75, 3.05) is 13.1 Å². The quantitative estimate of drug-likeness (QED) is 0.918. The van der Waals surface area contributed by atoms with E-state index < -0.39 is 0 Å². The molecule has 1 N–H and O–H groups in total. The summed E-state index contributed by atoms with van der Waals surface area (Å²) in [5.41, 5.74) is 0.0110. The van der Waals surface area contributed by atoms with E-state index in [0.717, 1.165) is 44.6 Å². The fraction of sp³-hybridized carbons (Fsp3) is 0.824. The number of carbonyl (C=O) groups excluding carboxylic acids is 1. The van der Waals surface area contributed by atoms with Gasteiger partial charge in [-0.15, -0.1) is 0 Å². The van der Waals surface area contributed by atoms with Crippen LogP contribution in [0.25, 0.3) is 0 Å². The average molecular weight is 335 g/mol. The van der Waals surface area contributed by atoms with Crippen LogP contribution >= 0.6 is 0 Å². The van der Waals surface area contributed by atoms with Crippen molar-refractivity contribution in [3.05, 3.63) is 16.3 Å². The van der Waals surface area contributed by atoms with Gasteiger partial charge in [-0.3, -0.25) is 4.57 Å². The zero-order chi connectivity index (χ0) is 17.3. The second kappa shape index (κ2) is 6.99. The molecule has 0 spiro atoms. The molecule has 7 nitrogen and oxygen atoms in total. The van der Waals surface area contributed by atoms with Crippen LogP contribution in [0.4, 0.5) is 4.79 Å². The largest absolute Gasteiger partial charge is 0.345 e. The molecular formula is C17H29N5O2. The smallest absolute Gasteiger partial charge is 0.336 e. The van der Waals surface area contributed by atoms with Gasteiger partial charge in [0, 0.05) is 38.1 Å². The van der Waals surface area contributed by atoms with Gasteiger partial charge in [0.1, 0.15) is 5.82 Å². The van der Waals surface area contributed by atoms with Crippen LogP contribution in [-0.4, -0.2) is 44.4 Å². The molecule has 1 aliphatic heterocycles. The van der Waals surface area contributed by atoms with Crippen LogP contribution in [0, 0.1) is 0 Å². The van der Waals surface area contributed by atoms with Crippen LogP contribution in [0.5, 0.6) is 0 Å². The molecule has 0 bridgehead atoms. The number of likely N-dealkylation sites (tertiary alicyclic amines) is 1. The number of rotatable bonds is 3. The highest BCUT2D eigenvalue weighted by Crippen LogP contribution is 2.33. The topological polar surface area (TPSA) is 72.2 Å². The van der Waals surface area contributed by atoms with E-state index in [9.17, 15) is 9.59 Å². The maximum atomic E-state index is 12.5. The molecule has 134 valence electrons. The SMILES string of the molecule is CC(C)NC(=O)N1CCC(c2nn(C)c(=O)n2C2CCCC2)CC1. The first kappa shape index (κ1) is 17.0. The molecule has 3 rings (SSSR count). The summed E-state index contributed by atoms with van der Waals surface area (Å²) in [6.45, 7) is 5.38. The van der Waals surface area contributed by atoms with E-state index in [0.29, 0.717) is 6.04 Å². The Hall–Kier alpha value is -1.79. The molecule has 1 saturated heterocycles. The van der Waals surface area contributed by atoms with Gasteiger partial charge < -0.3 is 10.2 Å². The Bertz CT molecular complexity index is 634. The Kier molecular flexibility index (Phi) is 4.96. The molecule has 2 heterocycles. The summed E-state index contributed by atoms with van der Waals surface area (Å²) >= 11 is 0. The Balaban J connectivity index is 1.72. The zero-order valence-electron chi connectivity index (χ0n) is 15.0. The number of aryl methyl sites for hydroxylation is 1. The van der Waals surface area contributed by atoms with E-state index in [1.54, 1.807) is 7.05 Å². The lowest BCUT2D eigenvalue weighted by molar-refractivity contribution is 0.177. The summed E-state index contributed by atoms with van der Waals surface area (Å²) < 4.78 is 3.42. The van der Waals surface area contributed by atoms with Crippen LogP contribution in [0.3, 0.4) is 0 Å². The number of urea groups is 1. The third-order valence-electron chi connectivity index (χ3n) is 5.23. The first-order valence-corrected chi connectivity index (χ1v) is 9.18. The third-order valence-corrected chi connectivity index (χ3v) is 5.23. The predicted octanol–water partition coefficient (Wildman–Crippen LogP) is 1.99.